The van der Waals surface area contributed by atoms with Gasteiger partial charge in [0, 0.05) is 17.0 Å². The largest absolute Gasteiger partial charge is 0.493 e. The number of methoxy groups -OCH3 is 1. The number of aliphatic hydroxyl groups is 1. The van der Waals surface area contributed by atoms with E-state index >= 15 is 4.39 Å². The molecule has 40 heavy (non-hydrogen) atoms. The molecule has 1 saturated heterocycles. The number of alkyl halides is 2. The van der Waals surface area contributed by atoms with Crippen LogP contribution in [0.2, 0.25) is 0 Å². The molecule has 1 aliphatic heterocycles. The molecule has 2 heterocycles. The highest BCUT2D eigenvalue weighted by Crippen LogP contribution is 2.43. The van der Waals surface area contributed by atoms with E-state index in [-0.39, 0.29) is 17.1 Å². The predicted octanol–water partition coefficient (Wildman–Crippen LogP) is 6.27. The Bertz CT molecular complexity index is 1380. The van der Waals surface area contributed by atoms with Crippen LogP contribution >= 0.6 is 23.0 Å². The van der Waals surface area contributed by atoms with Crippen molar-refractivity contribution in [2.75, 3.05) is 32.2 Å². The average Bonchev–Trinajstić information content (AvgIpc) is 2.85. The van der Waals surface area contributed by atoms with E-state index in [0.717, 1.165) is 19.9 Å². The first kappa shape index (κ1) is 30.5. The Balaban J connectivity index is 1.71. The van der Waals surface area contributed by atoms with Gasteiger partial charge < -0.3 is 27.7 Å². The minimum atomic E-state index is -3.81. The van der Waals surface area contributed by atoms with E-state index in [9.17, 15) is 13.9 Å². The molecule has 1 unspecified atom stereocenters. The number of aromatic nitrogens is 2. The lowest BCUT2D eigenvalue weighted by molar-refractivity contribution is -0.171. The van der Waals surface area contributed by atoms with Crippen molar-refractivity contribution in [1.29, 1.82) is 0 Å². The van der Waals surface area contributed by atoms with E-state index < -0.39 is 28.9 Å². The van der Waals surface area contributed by atoms with Gasteiger partial charge in [0.1, 0.15) is 52.2 Å². The third-order valence-corrected chi connectivity index (χ3v) is 7.65. The second-order valence-electron chi connectivity index (χ2n) is 10.7. The zero-order chi connectivity index (χ0) is 29.5. The van der Waals surface area contributed by atoms with Gasteiger partial charge in [-0.25, -0.2) is 14.4 Å². The van der Waals surface area contributed by atoms with Gasteiger partial charge in [-0.3, -0.25) is 0 Å². The number of aryl methyl sites for hydroxylation is 1. The van der Waals surface area contributed by atoms with Gasteiger partial charge >= 0.3 is 5.92 Å². The van der Waals surface area contributed by atoms with Gasteiger partial charge in [-0.15, -0.1) is 0 Å². The summed E-state index contributed by atoms with van der Waals surface area (Å²) in [5, 5.41) is 13.7. The van der Waals surface area contributed by atoms with E-state index in [1.54, 1.807) is 26.0 Å². The van der Waals surface area contributed by atoms with Gasteiger partial charge in [-0.05, 0) is 46.8 Å². The zero-order valence-corrected chi connectivity index (χ0v) is 25.3. The summed E-state index contributed by atoms with van der Waals surface area (Å²) in [6.07, 6.45) is -0.279. The fraction of sp³-hybridized carbons (Fsp3) is 0.500. The standard InChI is InChI=1S/C28H33F3IN3O5/c1-15(18-8-7-9-20(24(18)29)28(30,31)26(4,5)36)33-25-19-10-23(22(37-6)11-21(19)34-17(3)35-25)40-16(2)27(14-39-32)12-38-13-27/h7-11,15-16,36H,12-14H2,1-6H3,(H,33,34,35)/t15-,16?/m1/s1. The summed E-state index contributed by atoms with van der Waals surface area (Å²) in [5.74, 6) is -3.19. The van der Waals surface area contributed by atoms with Gasteiger partial charge in [0.15, 0.2) is 11.5 Å². The highest BCUT2D eigenvalue weighted by molar-refractivity contribution is 14.1. The number of nitrogens with one attached hydrogen (secondary N) is 1. The molecule has 0 aliphatic carbocycles. The number of rotatable bonds is 11. The second kappa shape index (κ2) is 11.5. The Morgan fingerprint density at radius 1 is 1.18 bits per heavy atom. The lowest BCUT2D eigenvalue weighted by Crippen LogP contribution is -2.55. The number of nitrogens with zero attached hydrogens (tertiary/aromatic N) is 2. The predicted molar refractivity (Wildman–Crippen MR) is 153 cm³/mol. The zero-order valence-electron chi connectivity index (χ0n) is 23.1. The number of hydrogen-bond donors (Lipinski definition) is 2. The molecule has 0 spiro atoms. The molecule has 0 amide bonds. The smallest absolute Gasteiger partial charge is 0.303 e. The van der Waals surface area contributed by atoms with Crippen LogP contribution in [0.4, 0.5) is 19.0 Å². The molecule has 4 rings (SSSR count). The maximum Gasteiger partial charge on any atom is 0.303 e. The molecule has 12 heteroatoms. The number of anilines is 1. The highest BCUT2D eigenvalue weighted by Gasteiger charge is 2.49. The average molecular weight is 675 g/mol. The Morgan fingerprint density at radius 2 is 1.88 bits per heavy atom. The number of benzene rings is 2. The summed E-state index contributed by atoms with van der Waals surface area (Å²) in [7, 11) is 1.53. The lowest BCUT2D eigenvalue weighted by Gasteiger charge is -2.44. The van der Waals surface area contributed by atoms with Crippen LogP contribution in [0.1, 0.15) is 50.7 Å². The number of hydrogen-bond acceptors (Lipinski definition) is 8. The first-order chi connectivity index (χ1) is 18.7. The van der Waals surface area contributed by atoms with Gasteiger partial charge in [0.25, 0.3) is 0 Å². The number of halogens is 4. The van der Waals surface area contributed by atoms with Gasteiger partial charge in [-0.1, -0.05) is 12.1 Å². The lowest BCUT2D eigenvalue weighted by atomic mass is 9.81. The maximum absolute atomic E-state index is 15.4. The first-order valence-corrected chi connectivity index (χ1v) is 13.6. The molecule has 2 N–H and O–H groups in total. The summed E-state index contributed by atoms with van der Waals surface area (Å²) >= 11 is 1.85. The number of fused-ring (bicyclic) bond motifs is 1. The highest BCUT2D eigenvalue weighted by atomic mass is 127. The summed E-state index contributed by atoms with van der Waals surface area (Å²) in [5.41, 5.74) is -3.10. The van der Waals surface area contributed by atoms with E-state index in [0.29, 0.717) is 53.9 Å². The third-order valence-electron chi connectivity index (χ3n) is 7.34. The molecular formula is C28H33F3IN3O5. The molecule has 1 aromatic heterocycles. The van der Waals surface area contributed by atoms with Crippen molar-refractivity contribution in [2.45, 2.75) is 58.3 Å². The van der Waals surface area contributed by atoms with Gasteiger partial charge in [0.2, 0.25) is 0 Å². The Kier molecular flexibility index (Phi) is 8.75. The summed E-state index contributed by atoms with van der Waals surface area (Å²) in [4.78, 5) is 9.03. The van der Waals surface area contributed by atoms with Crippen molar-refractivity contribution in [2.24, 2.45) is 5.41 Å². The van der Waals surface area contributed by atoms with Crippen molar-refractivity contribution in [1.82, 2.24) is 9.97 Å². The van der Waals surface area contributed by atoms with Crippen LogP contribution in [-0.4, -0.2) is 53.7 Å². The molecule has 0 bridgehead atoms. The Hall–Kier alpha value is -2.42. The van der Waals surface area contributed by atoms with E-state index in [4.69, 9.17) is 17.3 Å². The fourth-order valence-corrected chi connectivity index (χ4v) is 5.20. The van der Waals surface area contributed by atoms with Gasteiger partial charge in [-0.2, -0.15) is 8.78 Å². The normalized spacial score (nSPS) is 16.8. The van der Waals surface area contributed by atoms with Crippen LogP contribution in [-0.2, 0) is 13.7 Å². The molecule has 1 aliphatic rings. The summed E-state index contributed by atoms with van der Waals surface area (Å²) < 4.78 is 67.9. The molecule has 8 nitrogen and oxygen atoms in total. The molecule has 1 fully saturated rings. The Labute approximate surface area is 245 Å². The monoisotopic (exact) mass is 675 g/mol. The minimum absolute atomic E-state index is 0.00447. The van der Waals surface area contributed by atoms with Crippen LogP contribution < -0.4 is 14.8 Å². The van der Waals surface area contributed by atoms with Crippen molar-refractivity contribution in [3.05, 3.63) is 53.1 Å². The van der Waals surface area contributed by atoms with Crippen LogP contribution in [0, 0.1) is 18.2 Å². The topological polar surface area (TPSA) is 95.0 Å². The molecule has 0 saturated carbocycles. The molecular weight excluding hydrogens is 642 g/mol. The van der Waals surface area contributed by atoms with Crippen molar-refractivity contribution < 1.29 is 35.6 Å². The molecule has 218 valence electrons. The molecule has 0 radical (unpaired) electrons. The maximum atomic E-state index is 15.4. The van der Waals surface area contributed by atoms with Crippen LogP contribution in [0.25, 0.3) is 10.9 Å². The fourth-order valence-electron chi connectivity index (χ4n) is 4.58. The van der Waals surface area contributed by atoms with Crippen molar-refractivity contribution in [3.63, 3.8) is 0 Å². The quantitative estimate of drug-likeness (QED) is 0.230. The van der Waals surface area contributed by atoms with Crippen LogP contribution in [0.5, 0.6) is 11.5 Å². The van der Waals surface area contributed by atoms with Gasteiger partial charge in [0.05, 0.1) is 49.5 Å². The second-order valence-corrected chi connectivity index (χ2v) is 11.3. The summed E-state index contributed by atoms with van der Waals surface area (Å²) in [6.45, 7) is 8.63. The van der Waals surface area contributed by atoms with Crippen LogP contribution in [0.15, 0.2) is 30.3 Å². The molecule has 2 atom stereocenters. The SMILES string of the molecule is COc1cc2nc(C)nc(N[C@H](C)c3cccc(C(F)(F)C(C)(C)O)c3F)c2cc1OC(C)C1(COI)COC1. The van der Waals surface area contributed by atoms with E-state index in [2.05, 4.69) is 15.3 Å². The molecule has 3 aromatic rings. The van der Waals surface area contributed by atoms with E-state index in [1.807, 2.05) is 29.9 Å². The third kappa shape index (κ3) is 5.68. The number of ether oxygens (including phenoxy) is 3. The van der Waals surface area contributed by atoms with E-state index in [1.165, 1.54) is 19.2 Å². The van der Waals surface area contributed by atoms with Crippen molar-refractivity contribution >= 4 is 39.7 Å². The van der Waals surface area contributed by atoms with Crippen LogP contribution in [0.3, 0.4) is 0 Å². The summed E-state index contributed by atoms with van der Waals surface area (Å²) in [6, 6.07) is 6.44. The Morgan fingerprint density at radius 3 is 2.45 bits per heavy atom. The minimum Gasteiger partial charge on any atom is -0.493 e. The first-order valence-electron chi connectivity index (χ1n) is 12.7. The van der Waals surface area contributed by atoms with Crippen molar-refractivity contribution in [3.8, 4) is 11.5 Å². The molecule has 2 aromatic carbocycles.